The number of anilines is 1. The minimum absolute atomic E-state index is 0.220. The molecule has 2 N–H and O–H groups in total. The summed E-state index contributed by atoms with van der Waals surface area (Å²) in [5, 5.41) is 0. The average Bonchev–Trinajstić information content (AvgIpc) is 2.38. The molecule has 5 nitrogen and oxygen atoms in total. The van der Waals surface area contributed by atoms with E-state index in [2.05, 4.69) is 43.4 Å². The Morgan fingerprint density at radius 3 is 2.53 bits per heavy atom. The van der Waals surface area contributed by atoms with E-state index in [0.717, 1.165) is 3.57 Å². The van der Waals surface area contributed by atoms with Gasteiger partial charge in [0.1, 0.15) is 0 Å². The molecule has 1 aromatic heterocycles. The number of halogens is 1. The molecule has 6 heteroatoms. The van der Waals surface area contributed by atoms with Crippen LogP contribution in [-0.2, 0) is 0 Å². The molecule has 0 saturated heterocycles. The second kappa shape index (κ2) is 5.58. The minimum atomic E-state index is -0.220. The number of hydrogen-bond donors (Lipinski definition) is 2. The summed E-state index contributed by atoms with van der Waals surface area (Å²) < 4.78 is 0.887. The van der Waals surface area contributed by atoms with Crippen LogP contribution >= 0.6 is 22.6 Å². The standard InChI is InChI=1S/C11H9IN4O/c12-9-5-2-1-4-8(9)10(17)15-16-11-13-6-3-7-14-11/h1-7H,(H,15,17)(H,13,14,16). The van der Waals surface area contributed by atoms with Crippen LogP contribution in [0.2, 0.25) is 0 Å². The van der Waals surface area contributed by atoms with Gasteiger partial charge in [-0.15, -0.1) is 0 Å². The van der Waals surface area contributed by atoms with Crippen molar-refractivity contribution >= 4 is 34.4 Å². The van der Waals surface area contributed by atoms with Crippen LogP contribution < -0.4 is 10.9 Å². The number of nitrogens with zero attached hydrogens (tertiary/aromatic N) is 2. The maximum Gasteiger partial charge on any atom is 0.270 e. The Morgan fingerprint density at radius 1 is 1.12 bits per heavy atom. The molecule has 0 spiro atoms. The first-order valence-corrected chi connectivity index (χ1v) is 5.93. The molecule has 86 valence electrons. The summed E-state index contributed by atoms with van der Waals surface area (Å²) in [6.45, 7) is 0. The van der Waals surface area contributed by atoms with Crippen molar-refractivity contribution in [2.45, 2.75) is 0 Å². The van der Waals surface area contributed by atoms with Crippen molar-refractivity contribution in [3.63, 3.8) is 0 Å². The van der Waals surface area contributed by atoms with Gasteiger partial charge in [-0.1, -0.05) is 12.1 Å². The second-order valence-electron chi connectivity index (χ2n) is 3.13. The lowest BCUT2D eigenvalue weighted by Gasteiger charge is -2.07. The number of hydrogen-bond acceptors (Lipinski definition) is 4. The van der Waals surface area contributed by atoms with Crippen molar-refractivity contribution < 1.29 is 4.79 Å². The fourth-order valence-corrected chi connectivity index (χ4v) is 1.82. The third-order valence-electron chi connectivity index (χ3n) is 1.97. The molecule has 0 atom stereocenters. The van der Waals surface area contributed by atoms with Crippen molar-refractivity contribution in [1.82, 2.24) is 15.4 Å². The predicted molar refractivity (Wildman–Crippen MR) is 72.3 cm³/mol. The molecule has 0 saturated carbocycles. The fraction of sp³-hybridized carbons (Fsp3) is 0. The number of aromatic nitrogens is 2. The quantitative estimate of drug-likeness (QED) is 0.661. The zero-order valence-electron chi connectivity index (χ0n) is 8.72. The first kappa shape index (κ1) is 11.8. The van der Waals surface area contributed by atoms with Gasteiger partial charge in [0.2, 0.25) is 5.95 Å². The highest BCUT2D eigenvalue weighted by Gasteiger charge is 2.08. The number of rotatable bonds is 3. The number of amides is 1. The van der Waals surface area contributed by atoms with Gasteiger partial charge < -0.3 is 0 Å². The maximum absolute atomic E-state index is 11.8. The smallest absolute Gasteiger partial charge is 0.267 e. The zero-order chi connectivity index (χ0) is 12.1. The molecule has 0 aliphatic heterocycles. The largest absolute Gasteiger partial charge is 0.270 e. The van der Waals surface area contributed by atoms with E-state index in [0.29, 0.717) is 11.5 Å². The van der Waals surface area contributed by atoms with E-state index in [1.165, 1.54) is 0 Å². The lowest BCUT2D eigenvalue weighted by Crippen LogP contribution is -2.30. The van der Waals surface area contributed by atoms with Crippen LogP contribution in [0.5, 0.6) is 0 Å². The lowest BCUT2D eigenvalue weighted by atomic mass is 10.2. The Hall–Kier alpha value is -1.70. The second-order valence-corrected chi connectivity index (χ2v) is 4.29. The van der Waals surface area contributed by atoms with Crippen molar-refractivity contribution in [1.29, 1.82) is 0 Å². The van der Waals surface area contributed by atoms with Crippen molar-refractivity contribution in [3.05, 3.63) is 51.9 Å². The molecule has 0 bridgehead atoms. The van der Waals surface area contributed by atoms with E-state index < -0.39 is 0 Å². The molecular formula is C11H9IN4O. The van der Waals surface area contributed by atoms with Crippen LogP contribution in [0.15, 0.2) is 42.7 Å². The summed E-state index contributed by atoms with van der Waals surface area (Å²) in [5.74, 6) is 0.134. The molecule has 1 heterocycles. The Morgan fingerprint density at radius 2 is 1.82 bits per heavy atom. The Labute approximate surface area is 112 Å². The monoisotopic (exact) mass is 340 g/mol. The topological polar surface area (TPSA) is 66.9 Å². The van der Waals surface area contributed by atoms with Gasteiger partial charge in [0.05, 0.1) is 5.56 Å². The van der Waals surface area contributed by atoms with Gasteiger partial charge in [-0.05, 0) is 40.8 Å². The first-order valence-electron chi connectivity index (χ1n) is 4.85. The summed E-state index contributed by atoms with van der Waals surface area (Å²) in [4.78, 5) is 19.7. The van der Waals surface area contributed by atoms with E-state index >= 15 is 0 Å². The van der Waals surface area contributed by atoms with Crippen molar-refractivity contribution in [3.8, 4) is 0 Å². The highest BCUT2D eigenvalue weighted by molar-refractivity contribution is 14.1. The third-order valence-corrected chi connectivity index (χ3v) is 2.91. The van der Waals surface area contributed by atoms with Gasteiger partial charge in [0, 0.05) is 16.0 Å². The molecule has 1 amide bonds. The fourth-order valence-electron chi connectivity index (χ4n) is 1.19. The summed E-state index contributed by atoms with van der Waals surface area (Å²) in [7, 11) is 0. The van der Waals surface area contributed by atoms with Gasteiger partial charge in [-0.2, -0.15) is 0 Å². The predicted octanol–water partition coefficient (Wildman–Crippen LogP) is 1.84. The number of hydrazine groups is 1. The highest BCUT2D eigenvalue weighted by Crippen LogP contribution is 2.10. The van der Waals surface area contributed by atoms with Gasteiger partial charge in [0.25, 0.3) is 5.91 Å². The number of carbonyl (C=O) groups excluding carboxylic acids is 1. The molecule has 0 radical (unpaired) electrons. The number of nitrogens with one attached hydrogen (secondary N) is 2. The number of benzene rings is 1. The lowest BCUT2D eigenvalue weighted by molar-refractivity contribution is 0.0961. The van der Waals surface area contributed by atoms with Gasteiger partial charge in [-0.25, -0.2) is 9.97 Å². The summed E-state index contributed by atoms with van der Waals surface area (Å²) in [5.41, 5.74) is 5.79. The van der Waals surface area contributed by atoms with E-state index in [4.69, 9.17) is 0 Å². The third kappa shape index (κ3) is 3.13. The van der Waals surface area contributed by atoms with E-state index in [1.807, 2.05) is 18.2 Å². The molecule has 0 unspecified atom stereocenters. The zero-order valence-corrected chi connectivity index (χ0v) is 10.9. The van der Waals surface area contributed by atoms with Gasteiger partial charge in [-0.3, -0.25) is 15.6 Å². The van der Waals surface area contributed by atoms with Crippen molar-refractivity contribution in [2.24, 2.45) is 0 Å². The molecule has 2 aromatic rings. The molecule has 0 aliphatic carbocycles. The Balaban J connectivity index is 2.01. The van der Waals surface area contributed by atoms with Gasteiger partial charge in [0.15, 0.2) is 0 Å². The minimum Gasteiger partial charge on any atom is -0.267 e. The summed E-state index contributed by atoms with van der Waals surface area (Å²) in [6.07, 6.45) is 3.18. The molecule has 0 fully saturated rings. The first-order chi connectivity index (χ1) is 8.27. The van der Waals surface area contributed by atoms with Crippen LogP contribution in [0, 0.1) is 3.57 Å². The highest BCUT2D eigenvalue weighted by atomic mass is 127. The van der Waals surface area contributed by atoms with Crippen LogP contribution in [0.1, 0.15) is 10.4 Å². The summed E-state index contributed by atoms with van der Waals surface area (Å²) >= 11 is 2.11. The van der Waals surface area contributed by atoms with E-state index in [9.17, 15) is 4.79 Å². The molecular weight excluding hydrogens is 331 g/mol. The van der Waals surface area contributed by atoms with Crippen LogP contribution in [-0.4, -0.2) is 15.9 Å². The molecule has 0 aliphatic rings. The van der Waals surface area contributed by atoms with Crippen molar-refractivity contribution in [2.75, 3.05) is 5.43 Å². The Kier molecular flexibility index (Phi) is 3.86. The van der Waals surface area contributed by atoms with Crippen LogP contribution in [0.3, 0.4) is 0 Å². The maximum atomic E-state index is 11.8. The molecule has 2 rings (SSSR count). The average molecular weight is 340 g/mol. The SMILES string of the molecule is O=C(NNc1ncccn1)c1ccccc1I. The van der Waals surface area contributed by atoms with E-state index in [1.54, 1.807) is 24.5 Å². The van der Waals surface area contributed by atoms with Gasteiger partial charge >= 0.3 is 0 Å². The molecule has 1 aromatic carbocycles. The normalized spacial score (nSPS) is 9.71. The molecule has 17 heavy (non-hydrogen) atoms. The van der Waals surface area contributed by atoms with Crippen LogP contribution in [0.25, 0.3) is 0 Å². The summed E-state index contributed by atoms with van der Waals surface area (Å²) in [6, 6.07) is 9.02. The van der Waals surface area contributed by atoms with E-state index in [-0.39, 0.29) is 5.91 Å². The number of carbonyl (C=O) groups is 1. The van der Waals surface area contributed by atoms with Crippen LogP contribution in [0.4, 0.5) is 5.95 Å². The Bertz CT molecular complexity index is 518.